The van der Waals surface area contributed by atoms with E-state index >= 15 is 0 Å². The first-order valence-electron chi connectivity index (χ1n) is 12.5. The van der Waals surface area contributed by atoms with Gasteiger partial charge in [0.2, 0.25) is 0 Å². The fourth-order valence-corrected chi connectivity index (χ4v) is 5.15. The summed E-state index contributed by atoms with van der Waals surface area (Å²) in [6.07, 6.45) is -2.44. The van der Waals surface area contributed by atoms with Gasteiger partial charge in [0.25, 0.3) is 0 Å². The molecule has 2 aliphatic rings. The number of aryl methyl sites for hydroxylation is 1. The number of hydrogen-bond donors (Lipinski definition) is 0. The second-order valence-electron chi connectivity index (χ2n) is 9.94. The molecule has 0 bridgehead atoms. The number of rotatable bonds is 9. The molecule has 2 aromatic rings. The van der Waals surface area contributed by atoms with E-state index in [1.807, 2.05) is 36.1 Å². The van der Waals surface area contributed by atoms with Crippen LogP contribution in [0, 0.1) is 18.8 Å². The van der Waals surface area contributed by atoms with Crippen molar-refractivity contribution < 1.29 is 32.2 Å². The Bertz CT molecular complexity index is 1050. The van der Waals surface area contributed by atoms with Crippen LogP contribution in [0.4, 0.5) is 13.2 Å². The van der Waals surface area contributed by atoms with Gasteiger partial charge in [0, 0.05) is 19.6 Å². The minimum atomic E-state index is -4.38. The minimum Gasteiger partial charge on any atom is -0.491 e. The molecule has 0 aromatic heterocycles. The average molecular weight is 506 g/mol. The number of carbonyl (C=O) groups excluding carboxylic acids is 1. The zero-order chi connectivity index (χ0) is 25.9. The molecule has 4 rings (SSSR count). The maximum atomic E-state index is 13.5. The molecule has 5 nitrogen and oxygen atoms in total. The molecule has 0 N–H and O–H groups in total. The Labute approximate surface area is 210 Å². The molecule has 3 atom stereocenters. The predicted molar refractivity (Wildman–Crippen MR) is 130 cm³/mol. The molecule has 196 valence electrons. The van der Waals surface area contributed by atoms with Crippen molar-refractivity contribution in [3.8, 4) is 5.75 Å². The zero-order valence-electron chi connectivity index (χ0n) is 21.0. The van der Waals surface area contributed by atoms with E-state index in [0.29, 0.717) is 38.0 Å². The summed E-state index contributed by atoms with van der Waals surface area (Å²) in [6.45, 7) is 5.68. The summed E-state index contributed by atoms with van der Waals surface area (Å²) in [5, 5.41) is 0. The third kappa shape index (κ3) is 6.59. The van der Waals surface area contributed by atoms with E-state index in [0.717, 1.165) is 30.0 Å². The van der Waals surface area contributed by atoms with Gasteiger partial charge in [0.05, 0.1) is 25.2 Å². The molecule has 1 unspecified atom stereocenters. The zero-order valence-corrected chi connectivity index (χ0v) is 21.0. The SMILES string of the molecule is COC(=O)[C@@H](C)[C@H](c1cccc(OCC2CN(Cc3cc(C)ccc3C(F)(F)F)CCO2)c1)C1CC1. The first-order valence-corrected chi connectivity index (χ1v) is 12.5. The highest BCUT2D eigenvalue weighted by Gasteiger charge is 2.39. The standard InChI is InChI=1S/C28H34F3NO4/c1-18-7-10-25(28(29,30)31)22(13-18)15-32-11-12-35-24(16-32)17-36-23-6-4-5-21(14-23)26(20-8-9-20)19(2)27(33)34-3/h4-7,10,13-14,19-20,24,26H,8-9,11-12,15-17H2,1-3H3/t19-,24?,26-/m0/s1. The molecule has 8 heteroatoms. The lowest BCUT2D eigenvalue weighted by atomic mass is 9.83. The Morgan fingerprint density at radius 2 is 1.97 bits per heavy atom. The number of halogens is 3. The Morgan fingerprint density at radius 3 is 2.67 bits per heavy atom. The summed E-state index contributed by atoms with van der Waals surface area (Å²) >= 11 is 0. The van der Waals surface area contributed by atoms with Crippen molar-refractivity contribution in [2.45, 2.75) is 51.4 Å². The topological polar surface area (TPSA) is 48.0 Å². The van der Waals surface area contributed by atoms with Crippen LogP contribution < -0.4 is 4.74 Å². The van der Waals surface area contributed by atoms with Gasteiger partial charge < -0.3 is 14.2 Å². The Balaban J connectivity index is 1.38. The van der Waals surface area contributed by atoms with Crippen LogP contribution >= 0.6 is 0 Å². The smallest absolute Gasteiger partial charge is 0.416 e. The third-order valence-electron chi connectivity index (χ3n) is 7.10. The minimum absolute atomic E-state index is 0.0829. The first kappa shape index (κ1) is 26.5. The highest BCUT2D eigenvalue weighted by atomic mass is 19.4. The highest BCUT2D eigenvalue weighted by molar-refractivity contribution is 5.73. The van der Waals surface area contributed by atoms with Crippen LogP contribution in [-0.4, -0.2) is 50.4 Å². The largest absolute Gasteiger partial charge is 0.491 e. The van der Waals surface area contributed by atoms with Gasteiger partial charge in [0.1, 0.15) is 18.5 Å². The van der Waals surface area contributed by atoms with Crippen LogP contribution in [0.15, 0.2) is 42.5 Å². The predicted octanol–water partition coefficient (Wildman–Crippen LogP) is 5.60. The van der Waals surface area contributed by atoms with Gasteiger partial charge in [-0.25, -0.2) is 0 Å². The average Bonchev–Trinajstić information content (AvgIpc) is 3.67. The second kappa shape index (κ2) is 11.2. The summed E-state index contributed by atoms with van der Waals surface area (Å²) in [4.78, 5) is 14.2. The van der Waals surface area contributed by atoms with Gasteiger partial charge >= 0.3 is 12.1 Å². The second-order valence-corrected chi connectivity index (χ2v) is 9.94. The summed E-state index contributed by atoms with van der Waals surface area (Å²) in [7, 11) is 1.42. The molecule has 0 spiro atoms. The van der Waals surface area contributed by atoms with Crippen molar-refractivity contribution in [3.05, 3.63) is 64.7 Å². The van der Waals surface area contributed by atoms with Crippen molar-refractivity contribution in [3.63, 3.8) is 0 Å². The quantitative estimate of drug-likeness (QED) is 0.416. The molecule has 1 aliphatic heterocycles. The lowest BCUT2D eigenvalue weighted by molar-refractivity contribution is -0.145. The van der Waals surface area contributed by atoms with E-state index in [1.54, 1.807) is 13.0 Å². The van der Waals surface area contributed by atoms with E-state index < -0.39 is 11.7 Å². The van der Waals surface area contributed by atoms with E-state index in [2.05, 4.69) is 0 Å². The highest BCUT2D eigenvalue weighted by Crippen LogP contribution is 2.47. The molecule has 1 heterocycles. The molecule has 2 fully saturated rings. The van der Waals surface area contributed by atoms with Gasteiger partial charge in [-0.15, -0.1) is 0 Å². The van der Waals surface area contributed by atoms with E-state index in [-0.39, 0.29) is 36.0 Å². The van der Waals surface area contributed by atoms with Crippen LogP contribution in [0.3, 0.4) is 0 Å². The maximum absolute atomic E-state index is 13.5. The lowest BCUT2D eigenvalue weighted by Crippen LogP contribution is -2.44. The molecule has 0 amide bonds. The molecular weight excluding hydrogens is 471 g/mol. The maximum Gasteiger partial charge on any atom is 0.416 e. The van der Waals surface area contributed by atoms with Crippen LogP contribution in [0.2, 0.25) is 0 Å². The Morgan fingerprint density at radius 1 is 1.19 bits per heavy atom. The molecule has 0 radical (unpaired) electrons. The van der Waals surface area contributed by atoms with Crippen LogP contribution in [0.5, 0.6) is 5.75 Å². The number of hydrogen-bond acceptors (Lipinski definition) is 5. The third-order valence-corrected chi connectivity index (χ3v) is 7.10. The van der Waals surface area contributed by atoms with Crippen molar-refractivity contribution in [2.75, 3.05) is 33.4 Å². The fourth-order valence-electron chi connectivity index (χ4n) is 5.15. The van der Waals surface area contributed by atoms with Crippen LogP contribution in [0.1, 0.15) is 47.9 Å². The van der Waals surface area contributed by atoms with Gasteiger partial charge in [0.15, 0.2) is 0 Å². The van der Waals surface area contributed by atoms with Crippen molar-refractivity contribution in [1.82, 2.24) is 4.90 Å². The molecular formula is C28H34F3NO4. The number of nitrogens with zero attached hydrogens (tertiary/aromatic N) is 1. The van der Waals surface area contributed by atoms with Gasteiger partial charge in [-0.1, -0.05) is 36.8 Å². The fraction of sp³-hybridized carbons (Fsp3) is 0.536. The molecule has 1 aliphatic carbocycles. The van der Waals surface area contributed by atoms with Gasteiger partial charge in [-0.2, -0.15) is 13.2 Å². The molecule has 36 heavy (non-hydrogen) atoms. The van der Waals surface area contributed by atoms with Crippen LogP contribution in [0.25, 0.3) is 0 Å². The van der Waals surface area contributed by atoms with Gasteiger partial charge in [-0.05, 0) is 60.9 Å². The van der Waals surface area contributed by atoms with Gasteiger partial charge in [-0.3, -0.25) is 9.69 Å². The van der Waals surface area contributed by atoms with E-state index in [9.17, 15) is 18.0 Å². The molecule has 1 saturated heterocycles. The normalized spacial score (nSPS) is 20.6. The van der Waals surface area contributed by atoms with Crippen molar-refractivity contribution in [1.29, 1.82) is 0 Å². The summed E-state index contributed by atoms with van der Waals surface area (Å²) in [5.74, 6) is 0.786. The van der Waals surface area contributed by atoms with Crippen molar-refractivity contribution in [2.24, 2.45) is 11.8 Å². The first-order chi connectivity index (χ1) is 17.2. The number of methoxy groups -OCH3 is 1. The summed E-state index contributed by atoms with van der Waals surface area (Å²) in [6, 6.07) is 12.1. The molecule has 1 saturated carbocycles. The monoisotopic (exact) mass is 505 g/mol. The number of alkyl halides is 3. The van der Waals surface area contributed by atoms with E-state index in [1.165, 1.54) is 13.2 Å². The van der Waals surface area contributed by atoms with Crippen LogP contribution in [-0.2, 0) is 27.0 Å². The number of ether oxygens (including phenoxy) is 3. The Kier molecular flexibility index (Phi) is 8.25. The van der Waals surface area contributed by atoms with Crippen molar-refractivity contribution >= 4 is 5.97 Å². The Hall–Kier alpha value is -2.58. The number of carbonyl (C=O) groups is 1. The molecule has 2 aromatic carbocycles. The summed E-state index contributed by atoms with van der Waals surface area (Å²) < 4.78 is 57.3. The lowest BCUT2D eigenvalue weighted by Gasteiger charge is -2.33. The number of morpholine rings is 1. The summed E-state index contributed by atoms with van der Waals surface area (Å²) in [5.41, 5.74) is 1.55. The number of esters is 1. The van der Waals surface area contributed by atoms with E-state index in [4.69, 9.17) is 14.2 Å². The number of benzene rings is 2.